The van der Waals surface area contributed by atoms with E-state index in [0.717, 1.165) is 18.5 Å². The number of halogens is 2. The molecule has 1 aromatic rings. The molecule has 1 unspecified atom stereocenters. The van der Waals surface area contributed by atoms with Gasteiger partial charge in [-0.25, -0.2) is 8.78 Å². The van der Waals surface area contributed by atoms with E-state index in [4.69, 9.17) is 5.73 Å². The second kappa shape index (κ2) is 7.80. The Morgan fingerprint density at radius 2 is 1.83 bits per heavy atom. The molecule has 0 saturated carbocycles. The SMILES string of the molecule is CC#CCCNC(CN)c1ccc(C(F)F)cc1. The third kappa shape index (κ3) is 4.44. The number of hydrogen-bond donors (Lipinski definition) is 2. The molecule has 0 bridgehead atoms. The van der Waals surface area contributed by atoms with Gasteiger partial charge in [-0.2, -0.15) is 0 Å². The Labute approximate surface area is 107 Å². The Morgan fingerprint density at radius 1 is 1.22 bits per heavy atom. The van der Waals surface area contributed by atoms with Crippen LogP contribution in [0.1, 0.15) is 36.9 Å². The van der Waals surface area contributed by atoms with E-state index in [2.05, 4.69) is 17.2 Å². The number of nitrogens with two attached hydrogens (primary N) is 1. The third-order valence-corrected chi connectivity index (χ3v) is 2.64. The molecule has 0 fully saturated rings. The Hall–Kier alpha value is -1.44. The monoisotopic (exact) mass is 252 g/mol. The molecule has 98 valence electrons. The summed E-state index contributed by atoms with van der Waals surface area (Å²) < 4.78 is 24.8. The fourth-order valence-corrected chi connectivity index (χ4v) is 1.64. The maximum Gasteiger partial charge on any atom is 0.263 e. The Morgan fingerprint density at radius 3 is 2.33 bits per heavy atom. The summed E-state index contributed by atoms with van der Waals surface area (Å²) in [5.74, 6) is 5.77. The van der Waals surface area contributed by atoms with Gasteiger partial charge in [-0.3, -0.25) is 0 Å². The molecule has 1 rings (SSSR count). The first-order valence-electron chi connectivity index (χ1n) is 5.90. The molecule has 0 saturated heterocycles. The molecule has 0 aliphatic heterocycles. The zero-order chi connectivity index (χ0) is 13.4. The highest BCUT2D eigenvalue weighted by Crippen LogP contribution is 2.20. The lowest BCUT2D eigenvalue weighted by molar-refractivity contribution is 0.151. The molecule has 0 aliphatic rings. The van der Waals surface area contributed by atoms with Crippen LogP contribution in [-0.2, 0) is 0 Å². The normalized spacial score (nSPS) is 12.1. The van der Waals surface area contributed by atoms with E-state index in [1.807, 2.05) is 0 Å². The first-order chi connectivity index (χ1) is 8.69. The minimum absolute atomic E-state index is 0.0182. The summed E-state index contributed by atoms with van der Waals surface area (Å²) in [6.07, 6.45) is -1.68. The van der Waals surface area contributed by atoms with E-state index in [0.29, 0.717) is 6.54 Å². The molecule has 0 amide bonds. The van der Waals surface area contributed by atoms with Gasteiger partial charge in [0.1, 0.15) is 0 Å². The van der Waals surface area contributed by atoms with E-state index < -0.39 is 6.43 Å². The van der Waals surface area contributed by atoms with Crippen molar-refractivity contribution in [3.05, 3.63) is 35.4 Å². The Kier molecular flexibility index (Phi) is 6.34. The van der Waals surface area contributed by atoms with Crippen molar-refractivity contribution in [2.75, 3.05) is 13.1 Å². The van der Waals surface area contributed by atoms with Gasteiger partial charge in [0.25, 0.3) is 6.43 Å². The largest absolute Gasteiger partial charge is 0.329 e. The smallest absolute Gasteiger partial charge is 0.263 e. The van der Waals surface area contributed by atoms with Gasteiger partial charge in [0.2, 0.25) is 0 Å². The molecule has 0 radical (unpaired) electrons. The van der Waals surface area contributed by atoms with E-state index >= 15 is 0 Å². The van der Waals surface area contributed by atoms with Crippen LogP contribution in [0.15, 0.2) is 24.3 Å². The maximum atomic E-state index is 12.4. The van der Waals surface area contributed by atoms with Crippen molar-refractivity contribution in [3.63, 3.8) is 0 Å². The van der Waals surface area contributed by atoms with Crippen molar-refractivity contribution >= 4 is 0 Å². The molecule has 18 heavy (non-hydrogen) atoms. The number of hydrogen-bond acceptors (Lipinski definition) is 2. The van der Waals surface area contributed by atoms with Crippen LogP contribution in [0.3, 0.4) is 0 Å². The minimum atomic E-state index is -2.43. The number of nitrogens with one attached hydrogen (secondary N) is 1. The van der Waals surface area contributed by atoms with Crippen LogP contribution in [0, 0.1) is 11.8 Å². The van der Waals surface area contributed by atoms with Crippen molar-refractivity contribution in [1.82, 2.24) is 5.32 Å². The van der Waals surface area contributed by atoms with Gasteiger partial charge in [-0.05, 0) is 12.5 Å². The fraction of sp³-hybridized carbons (Fsp3) is 0.429. The summed E-state index contributed by atoms with van der Waals surface area (Å²) in [4.78, 5) is 0. The first-order valence-corrected chi connectivity index (χ1v) is 5.90. The lowest BCUT2D eigenvalue weighted by Gasteiger charge is -2.17. The summed E-state index contributed by atoms with van der Waals surface area (Å²) in [5, 5.41) is 3.25. The maximum absolute atomic E-state index is 12.4. The predicted molar refractivity (Wildman–Crippen MR) is 69.3 cm³/mol. The van der Waals surface area contributed by atoms with Crippen LogP contribution in [-0.4, -0.2) is 13.1 Å². The highest BCUT2D eigenvalue weighted by molar-refractivity contribution is 5.26. The topological polar surface area (TPSA) is 38.0 Å². The second-order valence-corrected chi connectivity index (χ2v) is 3.89. The highest BCUT2D eigenvalue weighted by atomic mass is 19.3. The molecular weight excluding hydrogens is 234 g/mol. The van der Waals surface area contributed by atoms with Gasteiger partial charge in [0.05, 0.1) is 0 Å². The van der Waals surface area contributed by atoms with E-state index in [1.165, 1.54) is 12.1 Å². The zero-order valence-electron chi connectivity index (χ0n) is 10.4. The molecule has 1 atom stereocenters. The molecule has 3 N–H and O–H groups in total. The van der Waals surface area contributed by atoms with Crippen LogP contribution >= 0.6 is 0 Å². The standard InChI is InChI=1S/C14H18F2N2/c1-2-3-4-9-18-13(10-17)11-5-7-12(8-6-11)14(15)16/h5-8,13-14,18H,4,9-10,17H2,1H3. The first kappa shape index (κ1) is 14.6. The Balaban J connectivity index is 2.60. The van der Waals surface area contributed by atoms with Gasteiger partial charge in [-0.1, -0.05) is 24.3 Å². The highest BCUT2D eigenvalue weighted by Gasteiger charge is 2.10. The summed E-state index contributed by atoms with van der Waals surface area (Å²) >= 11 is 0. The fourth-order valence-electron chi connectivity index (χ4n) is 1.64. The zero-order valence-corrected chi connectivity index (χ0v) is 10.4. The molecule has 0 aliphatic carbocycles. The average molecular weight is 252 g/mol. The summed E-state index contributed by atoms with van der Waals surface area (Å²) in [6.45, 7) is 2.95. The lowest BCUT2D eigenvalue weighted by atomic mass is 10.0. The van der Waals surface area contributed by atoms with Gasteiger partial charge in [-0.15, -0.1) is 11.8 Å². The molecule has 2 nitrogen and oxygen atoms in total. The van der Waals surface area contributed by atoms with Crippen molar-refractivity contribution in [1.29, 1.82) is 0 Å². The van der Waals surface area contributed by atoms with E-state index in [-0.39, 0.29) is 11.6 Å². The molecular formula is C14H18F2N2. The van der Waals surface area contributed by atoms with E-state index in [1.54, 1.807) is 19.1 Å². The molecule has 0 aromatic heterocycles. The average Bonchev–Trinajstić information content (AvgIpc) is 2.39. The second-order valence-electron chi connectivity index (χ2n) is 3.89. The van der Waals surface area contributed by atoms with Crippen LogP contribution in [0.4, 0.5) is 8.78 Å². The molecule has 0 heterocycles. The molecule has 1 aromatic carbocycles. The Bertz CT molecular complexity index is 404. The number of alkyl halides is 2. The summed E-state index contributed by atoms with van der Waals surface area (Å²) in [6, 6.07) is 6.25. The molecule has 4 heteroatoms. The minimum Gasteiger partial charge on any atom is -0.329 e. The van der Waals surface area contributed by atoms with Gasteiger partial charge < -0.3 is 11.1 Å². The van der Waals surface area contributed by atoms with Crippen LogP contribution < -0.4 is 11.1 Å². The van der Waals surface area contributed by atoms with Crippen molar-refractivity contribution in [2.45, 2.75) is 25.8 Å². The van der Waals surface area contributed by atoms with Crippen molar-refractivity contribution in [2.24, 2.45) is 5.73 Å². The lowest BCUT2D eigenvalue weighted by Crippen LogP contribution is -2.28. The van der Waals surface area contributed by atoms with Gasteiger partial charge in [0, 0.05) is 31.1 Å². The van der Waals surface area contributed by atoms with E-state index in [9.17, 15) is 8.78 Å². The van der Waals surface area contributed by atoms with Gasteiger partial charge >= 0.3 is 0 Å². The quantitative estimate of drug-likeness (QED) is 0.603. The summed E-state index contributed by atoms with van der Waals surface area (Å²) in [5.41, 5.74) is 6.63. The molecule has 0 spiro atoms. The summed E-state index contributed by atoms with van der Waals surface area (Å²) in [7, 11) is 0. The van der Waals surface area contributed by atoms with Crippen molar-refractivity contribution < 1.29 is 8.78 Å². The van der Waals surface area contributed by atoms with Gasteiger partial charge in [0.15, 0.2) is 0 Å². The van der Waals surface area contributed by atoms with Crippen LogP contribution in [0.25, 0.3) is 0 Å². The third-order valence-electron chi connectivity index (χ3n) is 2.64. The van der Waals surface area contributed by atoms with Crippen LogP contribution in [0.2, 0.25) is 0 Å². The van der Waals surface area contributed by atoms with Crippen molar-refractivity contribution in [3.8, 4) is 11.8 Å². The predicted octanol–water partition coefficient (Wildman–Crippen LogP) is 2.63. The van der Waals surface area contributed by atoms with Crippen LogP contribution in [0.5, 0.6) is 0 Å². The number of rotatable bonds is 6. The number of benzene rings is 1.